The lowest BCUT2D eigenvalue weighted by Gasteiger charge is -2.28. The summed E-state index contributed by atoms with van der Waals surface area (Å²) in [6.07, 6.45) is 5.80. The number of allylic oxidation sites excluding steroid dienone is 2. The molecule has 0 atom stereocenters. The average Bonchev–Trinajstić information content (AvgIpc) is 2.54. The summed E-state index contributed by atoms with van der Waals surface area (Å²) in [6.45, 7) is 9.84. The minimum Gasteiger partial charge on any atom is -0.257 e. The van der Waals surface area contributed by atoms with E-state index < -0.39 is 0 Å². The molecule has 0 fully saturated rings. The van der Waals surface area contributed by atoms with Gasteiger partial charge in [-0.15, -0.1) is 13.2 Å². The zero-order valence-corrected chi connectivity index (χ0v) is 9.74. The molecule has 0 radical (unpaired) electrons. The number of hydrogen-bond donors (Lipinski definition) is 0. The van der Waals surface area contributed by atoms with E-state index in [9.17, 15) is 0 Å². The van der Waals surface area contributed by atoms with Gasteiger partial charge in [0, 0.05) is 11.1 Å². The lowest BCUT2D eigenvalue weighted by Crippen LogP contribution is -2.30. The first kappa shape index (κ1) is 10.9. The molecule has 1 heterocycles. The lowest BCUT2D eigenvalue weighted by molar-refractivity contribution is 0.602. The molecule has 16 heavy (non-hydrogen) atoms. The third kappa shape index (κ3) is 1.44. The number of rotatable bonds is 4. The van der Waals surface area contributed by atoms with E-state index in [1.165, 1.54) is 11.3 Å². The number of hydrogen-bond acceptors (Lipinski definition) is 1. The number of aliphatic imine (C=N–C) groups is 1. The van der Waals surface area contributed by atoms with Crippen LogP contribution in [0.15, 0.2) is 54.6 Å². The topological polar surface area (TPSA) is 12.4 Å². The van der Waals surface area contributed by atoms with Gasteiger partial charge in [0.15, 0.2) is 0 Å². The quantitative estimate of drug-likeness (QED) is 0.662. The van der Waals surface area contributed by atoms with Crippen molar-refractivity contribution in [3.8, 4) is 0 Å². The Morgan fingerprint density at radius 3 is 2.44 bits per heavy atom. The first-order chi connectivity index (χ1) is 7.74. The molecular weight excluding hydrogens is 194 g/mol. The van der Waals surface area contributed by atoms with Crippen molar-refractivity contribution in [3.63, 3.8) is 0 Å². The largest absolute Gasteiger partial charge is 0.257 e. The minimum atomic E-state index is 0.0000926. The van der Waals surface area contributed by atoms with Crippen LogP contribution in [0.3, 0.4) is 0 Å². The highest BCUT2D eigenvalue weighted by molar-refractivity contribution is 6.00. The summed E-state index contributed by atoms with van der Waals surface area (Å²) in [7, 11) is 0. The Labute approximate surface area is 97.2 Å². The molecule has 1 aliphatic rings. The molecule has 0 bridgehead atoms. The zero-order valence-electron chi connectivity index (χ0n) is 9.74. The monoisotopic (exact) mass is 211 g/mol. The summed E-state index contributed by atoms with van der Waals surface area (Å²) in [4.78, 5) is 4.66. The fraction of sp³-hybridized carbons (Fsp3) is 0.267. The fourth-order valence-electron chi connectivity index (χ4n) is 2.55. The summed E-state index contributed by atoms with van der Waals surface area (Å²) in [5.74, 6) is 0. The van der Waals surface area contributed by atoms with Gasteiger partial charge >= 0.3 is 0 Å². The number of fused-ring (bicyclic) bond motifs is 1. The van der Waals surface area contributed by atoms with Gasteiger partial charge in [0.2, 0.25) is 0 Å². The van der Waals surface area contributed by atoms with Crippen molar-refractivity contribution in [2.24, 2.45) is 4.99 Å². The average molecular weight is 211 g/mol. The maximum atomic E-state index is 4.66. The van der Waals surface area contributed by atoms with Crippen molar-refractivity contribution >= 4 is 11.4 Å². The molecule has 82 valence electrons. The van der Waals surface area contributed by atoms with Crippen LogP contribution in [0.2, 0.25) is 0 Å². The summed E-state index contributed by atoms with van der Waals surface area (Å²) >= 11 is 0. The Hall–Kier alpha value is -1.63. The summed E-state index contributed by atoms with van der Waals surface area (Å²) in [5.41, 5.74) is 3.59. The number of para-hydroxylation sites is 1. The normalized spacial score (nSPS) is 16.4. The third-order valence-electron chi connectivity index (χ3n) is 3.39. The summed E-state index contributed by atoms with van der Waals surface area (Å²) < 4.78 is 0. The maximum Gasteiger partial charge on any atom is 0.0671 e. The van der Waals surface area contributed by atoms with Crippen LogP contribution < -0.4 is 0 Å². The Morgan fingerprint density at radius 2 is 1.81 bits per heavy atom. The molecule has 0 unspecified atom stereocenters. The van der Waals surface area contributed by atoms with E-state index in [1.807, 2.05) is 18.2 Å². The van der Waals surface area contributed by atoms with Crippen LogP contribution in [0.4, 0.5) is 5.69 Å². The predicted molar refractivity (Wildman–Crippen MR) is 70.5 cm³/mol. The Bertz CT molecular complexity index is 444. The zero-order chi connectivity index (χ0) is 11.6. The van der Waals surface area contributed by atoms with Crippen LogP contribution in [0.25, 0.3) is 0 Å². The molecule has 1 aliphatic heterocycles. The smallest absolute Gasteiger partial charge is 0.0671 e. The van der Waals surface area contributed by atoms with Crippen LogP contribution in [-0.4, -0.2) is 5.71 Å². The SMILES string of the molecule is C=CCC1(CC=C)C(C)=Nc2ccccc21. The van der Waals surface area contributed by atoms with Gasteiger partial charge in [0.05, 0.1) is 5.69 Å². The number of nitrogens with zero attached hydrogens (tertiary/aromatic N) is 1. The van der Waals surface area contributed by atoms with Crippen molar-refractivity contribution in [1.82, 2.24) is 0 Å². The van der Waals surface area contributed by atoms with Crippen molar-refractivity contribution in [2.75, 3.05) is 0 Å². The molecule has 1 aromatic carbocycles. The van der Waals surface area contributed by atoms with E-state index in [-0.39, 0.29) is 5.41 Å². The van der Waals surface area contributed by atoms with Crippen molar-refractivity contribution in [2.45, 2.75) is 25.2 Å². The van der Waals surface area contributed by atoms with E-state index >= 15 is 0 Å². The van der Waals surface area contributed by atoms with Gasteiger partial charge in [-0.2, -0.15) is 0 Å². The Balaban J connectivity index is 2.57. The molecule has 0 amide bonds. The van der Waals surface area contributed by atoms with Gasteiger partial charge in [-0.1, -0.05) is 30.4 Å². The molecule has 2 rings (SSSR count). The molecule has 0 N–H and O–H groups in total. The molecule has 1 nitrogen and oxygen atoms in total. The van der Waals surface area contributed by atoms with E-state index in [0.717, 1.165) is 18.5 Å². The van der Waals surface area contributed by atoms with Crippen LogP contribution >= 0.6 is 0 Å². The maximum absolute atomic E-state index is 4.66. The highest BCUT2D eigenvalue weighted by Gasteiger charge is 2.38. The second kappa shape index (κ2) is 4.09. The fourth-order valence-corrected chi connectivity index (χ4v) is 2.55. The van der Waals surface area contributed by atoms with Gasteiger partial charge < -0.3 is 0 Å². The second-order valence-corrected chi connectivity index (χ2v) is 4.28. The van der Waals surface area contributed by atoms with Gasteiger partial charge in [-0.3, -0.25) is 4.99 Å². The van der Waals surface area contributed by atoms with E-state index in [4.69, 9.17) is 0 Å². The first-order valence-electron chi connectivity index (χ1n) is 5.61. The summed E-state index contributed by atoms with van der Waals surface area (Å²) in [5, 5.41) is 0. The van der Waals surface area contributed by atoms with Gasteiger partial charge in [0.25, 0.3) is 0 Å². The molecule has 0 saturated heterocycles. The summed E-state index contributed by atoms with van der Waals surface area (Å²) in [6, 6.07) is 8.36. The lowest BCUT2D eigenvalue weighted by atomic mass is 9.73. The molecule has 0 aromatic heterocycles. The van der Waals surface area contributed by atoms with Crippen LogP contribution in [0.1, 0.15) is 25.3 Å². The molecule has 1 heteroatoms. The van der Waals surface area contributed by atoms with E-state index in [2.05, 4.69) is 43.3 Å². The molecule has 1 aromatic rings. The Kier molecular flexibility index (Phi) is 2.78. The first-order valence-corrected chi connectivity index (χ1v) is 5.61. The predicted octanol–water partition coefficient (Wildman–Crippen LogP) is 4.18. The van der Waals surface area contributed by atoms with E-state index in [1.54, 1.807) is 0 Å². The van der Waals surface area contributed by atoms with Crippen molar-refractivity contribution in [3.05, 3.63) is 55.1 Å². The highest BCUT2D eigenvalue weighted by atomic mass is 14.8. The highest BCUT2D eigenvalue weighted by Crippen LogP contribution is 2.45. The Morgan fingerprint density at radius 1 is 1.19 bits per heavy atom. The standard InChI is InChI=1S/C15H17N/c1-4-10-15(11-5-2)12(3)16-14-9-7-6-8-13(14)15/h4-9H,1-2,10-11H2,3H3. The number of benzene rings is 1. The molecular formula is C15H17N. The third-order valence-corrected chi connectivity index (χ3v) is 3.39. The molecule has 0 saturated carbocycles. The second-order valence-electron chi connectivity index (χ2n) is 4.28. The van der Waals surface area contributed by atoms with Gasteiger partial charge in [-0.05, 0) is 31.4 Å². The molecule has 0 aliphatic carbocycles. The van der Waals surface area contributed by atoms with Gasteiger partial charge in [0.1, 0.15) is 0 Å². The van der Waals surface area contributed by atoms with Crippen LogP contribution in [0, 0.1) is 0 Å². The molecule has 0 spiro atoms. The van der Waals surface area contributed by atoms with Crippen LogP contribution in [-0.2, 0) is 5.41 Å². The van der Waals surface area contributed by atoms with Crippen LogP contribution in [0.5, 0.6) is 0 Å². The minimum absolute atomic E-state index is 0.0000926. The van der Waals surface area contributed by atoms with E-state index in [0.29, 0.717) is 0 Å². The van der Waals surface area contributed by atoms with Crippen molar-refractivity contribution < 1.29 is 0 Å². The van der Waals surface area contributed by atoms with Gasteiger partial charge in [-0.25, -0.2) is 0 Å². The van der Waals surface area contributed by atoms with Crippen molar-refractivity contribution in [1.29, 1.82) is 0 Å².